The zero-order valence-corrected chi connectivity index (χ0v) is 48.4. The molecule has 2 saturated heterocycles. The van der Waals surface area contributed by atoms with Crippen LogP contribution in [0.2, 0.25) is 5.02 Å². The third kappa shape index (κ3) is 11.9. The van der Waals surface area contributed by atoms with Crippen molar-refractivity contribution in [3.8, 4) is 46.0 Å². The van der Waals surface area contributed by atoms with Gasteiger partial charge in [-0.1, -0.05) is 66.2 Å². The Balaban J connectivity index is 1.07. The molecule has 438 valence electrons. The van der Waals surface area contributed by atoms with E-state index in [0.29, 0.717) is 50.2 Å². The zero-order chi connectivity index (χ0) is 58.7. The lowest BCUT2D eigenvalue weighted by molar-refractivity contribution is -0.137. The van der Waals surface area contributed by atoms with Gasteiger partial charge in [0.15, 0.2) is 11.6 Å². The number of anilines is 3. The number of ether oxygens (including phenoxy) is 7. The van der Waals surface area contributed by atoms with Gasteiger partial charge in [-0.05, 0) is 122 Å². The number of aromatic nitrogens is 4. The average molecular weight is 1170 g/mol. The van der Waals surface area contributed by atoms with E-state index < -0.39 is 45.4 Å². The quantitative estimate of drug-likeness (QED) is 0.0671. The van der Waals surface area contributed by atoms with Gasteiger partial charge in [0.25, 0.3) is 0 Å². The smallest absolute Gasteiger partial charge is 0.418 e. The number of methoxy groups -OCH3 is 4. The van der Waals surface area contributed by atoms with Gasteiger partial charge in [0, 0.05) is 44.5 Å². The molecule has 6 heterocycles. The van der Waals surface area contributed by atoms with Crippen molar-refractivity contribution in [3.63, 3.8) is 0 Å². The van der Waals surface area contributed by atoms with Crippen molar-refractivity contribution in [1.29, 1.82) is 0 Å². The number of hydrogen-bond acceptors (Lipinski definition) is 15. The van der Waals surface area contributed by atoms with Gasteiger partial charge in [0.05, 0.1) is 87.0 Å². The monoisotopic (exact) mass is 1170 g/mol. The molecule has 11 rings (SSSR count). The van der Waals surface area contributed by atoms with Crippen molar-refractivity contribution < 1.29 is 50.7 Å². The first-order valence-electron chi connectivity index (χ1n) is 27.8. The van der Waals surface area contributed by atoms with Crippen LogP contribution in [0.5, 0.6) is 34.8 Å². The molecule has 15 nitrogen and oxygen atoms in total. The molecule has 5 aromatic carbocycles. The van der Waals surface area contributed by atoms with Gasteiger partial charge >= 0.3 is 12.2 Å². The third-order valence-corrected chi connectivity index (χ3v) is 16.5. The molecular weight excluding hydrogens is 1100 g/mol. The third-order valence-electron chi connectivity index (χ3n) is 16.1. The summed E-state index contributed by atoms with van der Waals surface area (Å²) in [7, 11) is 6.38. The van der Waals surface area contributed by atoms with E-state index in [9.17, 15) is 0 Å². The number of fused-ring (bicyclic) bond motifs is 1. The van der Waals surface area contributed by atoms with E-state index in [1.165, 1.54) is 13.0 Å². The van der Waals surface area contributed by atoms with E-state index in [-0.39, 0.29) is 72.7 Å². The van der Waals surface area contributed by atoms with E-state index >= 15 is 17.6 Å². The van der Waals surface area contributed by atoms with Crippen LogP contribution in [0.1, 0.15) is 64.8 Å². The predicted molar refractivity (Wildman–Crippen MR) is 315 cm³/mol. The molecule has 0 radical (unpaired) electrons. The maximum atomic E-state index is 18.6. The molecule has 2 atom stereocenters. The second-order valence-electron chi connectivity index (χ2n) is 21.3. The molecule has 0 N–H and O–H groups in total. The second-order valence-corrected chi connectivity index (χ2v) is 21.7. The number of rotatable bonds is 20. The first-order chi connectivity index (χ1) is 40.7. The molecule has 3 aromatic heterocycles. The zero-order valence-electron chi connectivity index (χ0n) is 47.6. The molecule has 0 saturated carbocycles. The molecule has 84 heavy (non-hydrogen) atoms. The summed E-state index contributed by atoms with van der Waals surface area (Å²) in [5.74, 6) is 2.44. The van der Waals surface area contributed by atoms with Crippen LogP contribution in [0.25, 0.3) is 22.2 Å². The number of morpholine rings is 1. The summed E-state index contributed by atoms with van der Waals surface area (Å²) >= 11 is 7.43. The van der Waals surface area contributed by atoms with Crippen molar-refractivity contribution in [3.05, 3.63) is 171 Å². The number of halogens is 5. The summed E-state index contributed by atoms with van der Waals surface area (Å²) in [6.45, 7) is 7.42. The SMILES string of the molecule is COc1ccc(CN(Cc2ccc(OC)cc2)c2cc(C)c(C(F)(F)F)c(-c3c(Cl)c4c5c(nc(OC[C@]67CCCN6CCOC7)nc5c3F)N([C@H](C)c3cccnc3N(Cc3ccc(OC)cc3)Cc3ccc(OC)cc3)CCO4)n2)cc1. The predicted octanol–water partition coefficient (Wildman–Crippen LogP) is 12.9. The lowest BCUT2D eigenvalue weighted by Gasteiger charge is -2.41. The molecule has 3 aliphatic rings. The fraction of sp³-hybridized carbons (Fsp3) is 0.344. The summed E-state index contributed by atoms with van der Waals surface area (Å²) < 4.78 is 107. The van der Waals surface area contributed by atoms with Crippen LogP contribution in [0.4, 0.5) is 35.0 Å². The summed E-state index contributed by atoms with van der Waals surface area (Å²) in [5, 5.41) is -0.369. The summed E-state index contributed by atoms with van der Waals surface area (Å²) in [4.78, 5) is 28.0. The molecule has 0 unspecified atom stereocenters. The van der Waals surface area contributed by atoms with Gasteiger partial charge in [-0.3, -0.25) is 4.90 Å². The lowest BCUT2D eigenvalue weighted by atomic mass is 9.97. The molecule has 0 amide bonds. The van der Waals surface area contributed by atoms with Gasteiger partial charge in [-0.2, -0.15) is 23.1 Å². The Kier molecular flexibility index (Phi) is 16.9. The normalized spacial score (nSPS) is 16.3. The molecule has 0 bridgehead atoms. The van der Waals surface area contributed by atoms with Crippen LogP contribution >= 0.6 is 11.6 Å². The molecule has 0 aliphatic carbocycles. The Morgan fingerprint density at radius 1 is 0.714 bits per heavy atom. The fourth-order valence-electron chi connectivity index (χ4n) is 11.7. The van der Waals surface area contributed by atoms with Crippen LogP contribution in [-0.2, 0) is 37.1 Å². The van der Waals surface area contributed by atoms with Crippen molar-refractivity contribution in [2.75, 3.05) is 89.2 Å². The molecule has 0 spiro atoms. The van der Waals surface area contributed by atoms with Crippen LogP contribution in [0, 0.1) is 12.7 Å². The lowest BCUT2D eigenvalue weighted by Crippen LogP contribution is -2.56. The number of aryl methyl sites for hydroxylation is 1. The van der Waals surface area contributed by atoms with Crippen molar-refractivity contribution in [2.45, 2.75) is 70.6 Å². The molecule has 2 fully saturated rings. The summed E-state index contributed by atoms with van der Waals surface area (Å²) in [6.07, 6.45) is -1.58. The van der Waals surface area contributed by atoms with Gasteiger partial charge in [-0.15, -0.1) is 0 Å². The van der Waals surface area contributed by atoms with Crippen molar-refractivity contribution >= 4 is 40.0 Å². The topological polar surface area (TPSA) is 129 Å². The maximum absolute atomic E-state index is 18.6. The minimum Gasteiger partial charge on any atom is -0.497 e. The Labute approximate surface area is 490 Å². The van der Waals surface area contributed by atoms with Gasteiger partial charge < -0.3 is 47.9 Å². The highest BCUT2D eigenvalue weighted by Gasteiger charge is 2.45. The average Bonchev–Trinajstić information content (AvgIpc) is 1.62. The first kappa shape index (κ1) is 57.7. The van der Waals surface area contributed by atoms with E-state index in [0.717, 1.165) is 58.7 Å². The summed E-state index contributed by atoms with van der Waals surface area (Å²) in [5.41, 5.74) is 0.817. The highest BCUT2D eigenvalue weighted by molar-refractivity contribution is 6.36. The maximum Gasteiger partial charge on any atom is 0.418 e. The number of pyridine rings is 2. The number of hydrogen-bond donors (Lipinski definition) is 0. The minimum atomic E-state index is -5.02. The Morgan fingerprint density at radius 3 is 1.82 bits per heavy atom. The molecule has 8 aromatic rings. The van der Waals surface area contributed by atoms with Crippen molar-refractivity contribution in [2.24, 2.45) is 0 Å². The first-order valence-corrected chi connectivity index (χ1v) is 28.2. The number of nitrogens with zero attached hydrogens (tertiary/aromatic N) is 8. The van der Waals surface area contributed by atoms with Gasteiger partial charge in [-0.25, -0.2) is 14.4 Å². The highest BCUT2D eigenvalue weighted by Crippen LogP contribution is 2.52. The number of alkyl halides is 3. The molecule has 20 heteroatoms. The fourth-order valence-corrected chi connectivity index (χ4v) is 12.0. The second kappa shape index (κ2) is 24.6. The van der Waals surface area contributed by atoms with Gasteiger partial charge in [0.2, 0.25) is 0 Å². The van der Waals surface area contributed by atoms with E-state index in [1.54, 1.807) is 58.9 Å². The molecule has 3 aliphatic heterocycles. The highest BCUT2D eigenvalue weighted by atomic mass is 35.5. The number of benzene rings is 5. The van der Waals surface area contributed by atoms with E-state index in [2.05, 4.69) is 9.80 Å². The van der Waals surface area contributed by atoms with Crippen LogP contribution < -0.4 is 43.1 Å². The minimum absolute atomic E-state index is 0.0423. The van der Waals surface area contributed by atoms with Crippen molar-refractivity contribution in [1.82, 2.24) is 24.8 Å². The van der Waals surface area contributed by atoms with E-state index in [4.69, 9.17) is 64.7 Å². The van der Waals surface area contributed by atoms with Crippen LogP contribution in [0.15, 0.2) is 121 Å². The Hall–Kier alpha value is -8.13. The van der Waals surface area contributed by atoms with E-state index in [1.807, 2.05) is 102 Å². The largest absolute Gasteiger partial charge is 0.497 e. The Morgan fingerprint density at radius 2 is 1.27 bits per heavy atom. The summed E-state index contributed by atoms with van der Waals surface area (Å²) in [6, 6.07) is 34.9. The molecular formula is C64H65ClF4N8O7. The van der Waals surface area contributed by atoms with Crippen LogP contribution in [-0.4, -0.2) is 105 Å². The van der Waals surface area contributed by atoms with Crippen LogP contribution in [0.3, 0.4) is 0 Å². The van der Waals surface area contributed by atoms with Gasteiger partial charge in [0.1, 0.15) is 59.2 Å². The Bertz CT molecular complexity index is 3520. The standard InChI is InChI=1S/C64H65ClF4N8O7/c1-40-33-51(74(34-42-10-18-46(78-3)19-11-42)35-43-12-20-47(79-4)21-13-43)71-57(54(40)64(67,68)69)52-55(65)59-53-58(56(52)66)72-62(84-39-63-26-8-28-76(63)29-31-82-38-63)73-61(53)77(30-32-83-59)41(2)50-9-7-27-70-60(50)75(36-44-14-22-48(80-5)23-15-44)37-45-16-24-49(81-6)25-17-45/h7,9-25,27,33,41H,8,26,28-32,34-39H2,1-6H3/t41-,63-/m1/s1.